The Labute approximate surface area is 215 Å². The van der Waals surface area contributed by atoms with Crippen molar-refractivity contribution in [3.8, 4) is 23.0 Å². The molecule has 3 aromatic rings. The molecule has 5 rings (SSSR count). The number of carboxylic acids is 1. The molecule has 0 saturated carbocycles. The van der Waals surface area contributed by atoms with Gasteiger partial charge in [0.05, 0.1) is 18.4 Å². The number of carbonyl (C=O) groups excluding carboxylic acids is 3. The summed E-state index contributed by atoms with van der Waals surface area (Å²) in [4.78, 5) is 50.6. The summed E-state index contributed by atoms with van der Waals surface area (Å²) in [6.45, 7) is 0.0727. The van der Waals surface area contributed by atoms with Gasteiger partial charge in [0.15, 0.2) is 23.0 Å². The van der Waals surface area contributed by atoms with Gasteiger partial charge in [-0.05, 0) is 42.0 Å². The van der Waals surface area contributed by atoms with Crippen molar-refractivity contribution in [2.75, 3.05) is 18.8 Å². The number of imide groups is 2. The van der Waals surface area contributed by atoms with Gasteiger partial charge in [-0.1, -0.05) is 24.3 Å². The number of urea groups is 1. The molecule has 4 amide bonds. The number of ether oxygens (including phenoxy) is 4. The van der Waals surface area contributed by atoms with Crippen molar-refractivity contribution in [2.45, 2.75) is 6.61 Å². The van der Waals surface area contributed by atoms with Crippen molar-refractivity contribution in [3.05, 3.63) is 82.9 Å². The van der Waals surface area contributed by atoms with Crippen molar-refractivity contribution >= 4 is 35.6 Å². The lowest BCUT2D eigenvalue weighted by atomic mass is 10.1. The standard InChI is InChI=1S/C27H20N2O9/c1-35-21-4-2-3-17(23(21)36-13-15-5-7-16(8-6-15)26(32)33)11-19-24(30)28-27(34)29(25(19)31)18-9-10-20-22(12-18)38-14-37-20/h2-12H,13-14H2,1H3,(H,32,33)(H,28,30,34)/b19-11+. The number of para-hydroxylation sites is 1. The van der Waals surface area contributed by atoms with Crippen LogP contribution in [0, 0.1) is 0 Å². The Hall–Kier alpha value is -5.32. The summed E-state index contributed by atoms with van der Waals surface area (Å²) < 4.78 is 22.0. The zero-order valence-corrected chi connectivity index (χ0v) is 19.9. The lowest BCUT2D eigenvalue weighted by Crippen LogP contribution is -2.54. The number of anilines is 1. The lowest BCUT2D eigenvalue weighted by Gasteiger charge is -2.26. The van der Waals surface area contributed by atoms with E-state index < -0.39 is 23.8 Å². The number of hydrogen-bond donors (Lipinski definition) is 2. The smallest absolute Gasteiger partial charge is 0.335 e. The predicted octanol–water partition coefficient (Wildman–Crippen LogP) is 3.37. The van der Waals surface area contributed by atoms with Crippen LogP contribution in [-0.4, -0.2) is 42.8 Å². The van der Waals surface area contributed by atoms with Crippen LogP contribution in [0.4, 0.5) is 10.5 Å². The van der Waals surface area contributed by atoms with Gasteiger partial charge in [-0.3, -0.25) is 14.9 Å². The number of fused-ring (bicyclic) bond motifs is 1. The number of methoxy groups -OCH3 is 1. The summed E-state index contributed by atoms with van der Waals surface area (Å²) in [5.74, 6) is -1.32. The fourth-order valence-corrected chi connectivity index (χ4v) is 3.93. The molecule has 3 aromatic carbocycles. The monoisotopic (exact) mass is 516 g/mol. The van der Waals surface area contributed by atoms with Gasteiger partial charge in [0.2, 0.25) is 6.79 Å². The zero-order chi connectivity index (χ0) is 26.8. The fraction of sp³-hybridized carbons (Fsp3) is 0.111. The number of aromatic carboxylic acids is 1. The van der Waals surface area contributed by atoms with E-state index in [0.717, 1.165) is 4.90 Å². The Morgan fingerprint density at radius 2 is 1.82 bits per heavy atom. The molecule has 2 aliphatic rings. The zero-order valence-electron chi connectivity index (χ0n) is 19.9. The normalized spacial score (nSPS) is 15.4. The van der Waals surface area contributed by atoms with Crippen LogP contribution in [0.25, 0.3) is 6.08 Å². The first kappa shape index (κ1) is 24.4. The highest BCUT2D eigenvalue weighted by Gasteiger charge is 2.37. The van der Waals surface area contributed by atoms with E-state index in [0.29, 0.717) is 28.4 Å². The molecule has 0 atom stereocenters. The Morgan fingerprint density at radius 3 is 2.55 bits per heavy atom. The molecule has 1 saturated heterocycles. The predicted molar refractivity (Wildman–Crippen MR) is 132 cm³/mol. The average Bonchev–Trinajstić information content (AvgIpc) is 3.38. The van der Waals surface area contributed by atoms with Gasteiger partial charge >= 0.3 is 12.0 Å². The Balaban J connectivity index is 1.46. The van der Waals surface area contributed by atoms with Gasteiger partial charge in [-0.2, -0.15) is 0 Å². The molecule has 1 fully saturated rings. The van der Waals surface area contributed by atoms with Crippen molar-refractivity contribution < 1.29 is 43.2 Å². The Kier molecular flexibility index (Phi) is 6.40. The third kappa shape index (κ3) is 4.60. The van der Waals surface area contributed by atoms with E-state index in [-0.39, 0.29) is 36.0 Å². The van der Waals surface area contributed by atoms with E-state index in [1.807, 2.05) is 0 Å². The van der Waals surface area contributed by atoms with E-state index >= 15 is 0 Å². The first-order valence-corrected chi connectivity index (χ1v) is 11.3. The third-order valence-electron chi connectivity index (χ3n) is 5.83. The van der Waals surface area contributed by atoms with E-state index in [1.54, 1.807) is 36.4 Å². The molecule has 2 aliphatic heterocycles. The number of carbonyl (C=O) groups is 4. The van der Waals surface area contributed by atoms with E-state index in [4.69, 9.17) is 24.1 Å². The number of nitrogens with one attached hydrogen (secondary N) is 1. The van der Waals surface area contributed by atoms with Crippen molar-refractivity contribution in [2.24, 2.45) is 0 Å². The highest BCUT2D eigenvalue weighted by Crippen LogP contribution is 2.37. The molecule has 0 spiro atoms. The second kappa shape index (κ2) is 9.97. The summed E-state index contributed by atoms with van der Waals surface area (Å²) >= 11 is 0. The first-order valence-electron chi connectivity index (χ1n) is 11.3. The van der Waals surface area contributed by atoms with Crippen LogP contribution in [0.5, 0.6) is 23.0 Å². The van der Waals surface area contributed by atoms with Crippen molar-refractivity contribution in [1.82, 2.24) is 5.32 Å². The molecule has 0 aromatic heterocycles. The molecular formula is C27H20N2O9. The summed E-state index contributed by atoms with van der Waals surface area (Å²) in [5, 5.41) is 11.3. The van der Waals surface area contributed by atoms with E-state index in [2.05, 4.69) is 5.32 Å². The van der Waals surface area contributed by atoms with Crippen LogP contribution in [0.2, 0.25) is 0 Å². The van der Waals surface area contributed by atoms with Crippen LogP contribution >= 0.6 is 0 Å². The molecule has 0 aliphatic carbocycles. The van der Waals surface area contributed by atoms with Gasteiger partial charge in [0.25, 0.3) is 11.8 Å². The largest absolute Gasteiger partial charge is 0.493 e. The topological polar surface area (TPSA) is 141 Å². The van der Waals surface area contributed by atoms with Gasteiger partial charge < -0.3 is 24.1 Å². The Morgan fingerprint density at radius 1 is 1.05 bits per heavy atom. The molecule has 11 nitrogen and oxygen atoms in total. The molecular weight excluding hydrogens is 496 g/mol. The summed E-state index contributed by atoms with van der Waals surface area (Å²) in [6, 6.07) is 14.7. The Bertz CT molecular complexity index is 1490. The van der Waals surface area contributed by atoms with Gasteiger partial charge in [-0.15, -0.1) is 0 Å². The molecule has 0 radical (unpaired) electrons. The van der Waals surface area contributed by atoms with Crippen LogP contribution in [-0.2, 0) is 16.2 Å². The number of hydrogen-bond acceptors (Lipinski definition) is 8. The van der Waals surface area contributed by atoms with E-state index in [9.17, 15) is 19.2 Å². The molecule has 0 unspecified atom stereocenters. The second-order valence-electron chi connectivity index (χ2n) is 8.16. The molecule has 192 valence electrons. The highest BCUT2D eigenvalue weighted by atomic mass is 16.7. The number of amides is 4. The van der Waals surface area contributed by atoms with Gasteiger partial charge in [-0.25, -0.2) is 14.5 Å². The lowest BCUT2D eigenvalue weighted by molar-refractivity contribution is -0.122. The number of benzene rings is 3. The SMILES string of the molecule is COc1cccc(/C=C2\C(=O)NC(=O)N(c3ccc4c(c3)OCO4)C2=O)c1OCc1ccc(C(=O)O)cc1. The van der Waals surface area contributed by atoms with Gasteiger partial charge in [0, 0.05) is 11.6 Å². The average molecular weight is 516 g/mol. The summed E-state index contributed by atoms with van der Waals surface area (Å²) in [5.41, 5.74) is 1.07. The van der Waals surface area contributed by atoms with Crippen LogP contribution < -0.4 is 29.2 Å². The molecule has 38 heavy (non-hydrogen) atoms. The fourth-order valence-electron chi connectivity index (χ4n) is 3.93. The molecule has 11 heteroatoms. The van der Waals surface area contributed by atoms with Crippen LogP contribution in [0.15, 0.2) is 66.2 Å². The molecule has 0 bridgehead atoms. The molecule has 2 N–H and O–H groups in total. The number of barbiturate groups is 1. The number of rotatable bonds is 7. The van der Waals surface area contributed by atoms with Crippen molar-refractivity contribution in [3.63, 3.8) is 0 Å². The summed E-state index contributed by atoms with van der Waals surface area (Å²) in [7, 11) is 1.44. The third-order valence-corrected chi connectivity index (χ3v) is 5.83. The second-order valence-corrected chi connectivity index (χ2v) is 8.16. The minimum atomic E-state index is -1.04. The molecule has 2 heterocycles. The summed E-state index contributed by atoms with van der Waals surface area (Å²) in [6.07, 6.45) is 1.31. The van der Waals surface area contributed by atoms with Crippen molar-refractivity contribution in [1.29, 1.82) is 0 Å². The van der Waals surface area contributed by atoms with E-state index in [1.165, 1.54) is 37.5 Å². The van der Waals surface area contributed by atoms with Gasteiger partial charge in [0.1, 0.15) is 12.2 Å². The number of nitrogens with zero attached hydrogens (tertiary/aromatic N) is 1. The van der Waals surface area contributed by atoms with Crippen LogP contribution in [0.1, 0.15) is 21.5 Å². The minimum absolute atomic E-state index is 0.0187. The highest BCUT2D eigenvalue weighted by molar-refractivity contribution is 6.39. The maximum Gasteiger partial charge on any atom is 0.335 e. The maximum absolute atomic E-state index is 13.4. The maximum atomic E-state index is 13.4. The quantitative estimate of drug-likeness (QED) is 0.357. The van der Waals surface area contributed by atoms with Crippen LogP contribution in [0.3, 0.4) is 0 Å². The number of carboxylic acid groups (broad SMARTS) is 1. The minimum Gasteiger partial charge on any atom is -0.493 e. The first-order chi connectivity index (χ1) is 18.4.